The molecular weight excluding hydrogens is 272 g/mol. The molecule has 0 atom stereocenters. The molecule has 0 fully saturated rings. The van der Waals surface area contributed by atoms with Crippen LogP contribution in [0.4, 0.5) is 5.69 Å². The van der Waals surface area contributed by atoms with Crippen LogP contribution in [-0.4, -0.2) is 21.3 Å². The van der Waals surface area contributed by atoms with Crippen molar-refractivity contribution in [2.45, 2.75) is 52.6 Å². The second-order valence-electron chi connectivity index (χ2n) is 7.44. The standard InChI is InChI=1S/C18H24N4/c1-18(2)10-9-16-19-20-17(22(16)13-18)12-21-11-5-7-14-6-3-4-8-15(14)21/h3-4,6,8H,5,7,9-13H2,1-2H3. The average molecular weight is 296 g/mol. The van der Waals surface area contributed by atoms with Crippen molar-refractivity contribution in [2.24, 2.45) is 5.41 Å². The molecule has 1 aromatic carbocycles. The lowest BCUT2D eigenvalue weighted by Gasteiger charge is -2.33. The largest absolute Gasteiger partial charge is 0.364 e. The number of rotatable bonds is 2. The SMILES string of the molecule is CC1(C)CCc2nnc(CN3CCCc4ccccc43)n2C1. The van der Waals surface area contributed by atoms with Gasteiger partial charge < -0.3 is 9.47 Å². The van der Waals surface area contributed by atoms with Crippen molar-refractivity contribution in [3.05, 3.63) is 41.5 Å². The fourth-order valence-corrected chi connectivity index (χ4v) is 3.76. The minimum Gasteiger partial charge on any atom is -0.364 e. The summed E-state index contributed by atoms with van der Waals surface area (Å²) in [4.78, 5) is 2.47. The fourth-order valence-electron chi connectivity index (χ4n) is 3.76. The lowest BCUT2D eigenvalue weighted by atomic mass is 9.85. The molecular formula is C18H24N4. The third-order valence-corrected chi connectivity index (χ3v) is 5.05. The van der Waals surface area contributed by atoms with E-state index in [0.29, 0.717) is 5.41 Å². The minimum absolute atomic E-state index is 0.351. The van der Waals surface area contributed by atoms with Crippen molar-refractivity contribution in [2.75, 3.05) is 11.4 Å². The van der Waals surface area contributed by atoms with Crippen molar-refractivity contribution in [1.29, 1.82) is 0 Å². The molecule has 4 rings (SSSR count). The molecule has 0 amide bonds. The smallest absolute Gasteiger partial charge is 0.152 e. The van der Waals surface area contributed by atoms with Crippen LogP contribution in [0.1, 0.15) is 43.9 Å². The van der Waals surface area contributed by atoms with Crippen molar-refractivity contribution in [3.63, 3.8) is 0 Å². The van der Waals surface area contributed by atoms with Gasteiger partial charge in [-0.15, -0.1) is 10.2 Å². The number of nitrogens with zero attached hydrogens (tertiary/aromatic N) is 4. The van der Waals surface area contributed by atoms with Gasteiger partial charge >= 0.3 is 0 Å². The van der Waals surface area contributed by atoms with E-state index in [1.54, 1.807) is 0 Å². The van der Waals surface area contributed by atoms with E-state index in [-0.39, 0.29) is 0 Å². The van der Waals surface area contributed by atoms with Crippen LogP contribution in [0.2, 0.25) is 0 Å². The van der Waals surface area contributed by atoms with Gasteiger partial charge in [-0.2, -0.15) is 0 Å². The first kappa shape index (κ1) is 13.8. The topological polar surface area (TPSA) is 34.0 Å². The Labute approximate surface area is 132 Å². The van der Waals surface area contributed by atoms with Crippen molar-refractivity contribution in [1.82, 2.24) is 14.8 Å². The lowest BCUT2D eigenvalue weighted by molar-refractivity contribution is 0.243. The Balaban J connectivity index is 1.62. The summed E-state index contributed by atoms with van der Waals surface area (Å²) in [6.07, 6.45) is 4.68. The Bertz CT molecular complexity index is 686. The van der Waals surface area contributed by atoms with Crippen LogP contribution < -0.4 is 4.90 Å². The predicted octanol–water partition coefficient (Wildman–Crippen LogP) is 3.20. The van der Waals surface area contributed by atoms with Gasteiger partial charge in [-0.3, -0.25) is 0 Å². The Morgan fingerprint density at radius 2 is 2.00 bits per heavy atom. The third-order valence-electron chi connectivity index (χ3n) is 5.05. The summed E-state index contributed by atoms with van der Waals surface area (Å²) >= 11 is 0. The molecule has 0 radical (unpaired) electrons. The van der Waals surface area contributed by atoms with Crippen LogP contribution in [0.15, 0.2) is 24.3 Å². The van der Waals surface area contributed by atoms with Crippen molar-refractivity contribution >= 4 is 5.69 Å². The number of anilines is 1. The maximum Gasteiger partial charge on any atom is 0.152 e. The molecule has 3 heterocycles. The van der Waals surface area contributed by atoms with E-state index in [2.05, 4.69) is 57.8 Å². The fraction of sp³-hybridized carbons (Fsp3) is 0.556. The van der Waals surface area contributed by atoms with E-state index in [9.17, 15) is 0 Å². The maximum absolute atomic E-state index is 4.50. The number of hydrogen-bond acceptors (Lipinski definition) is 3. The Morgan fingerprint density at radius 3 is 2.91 bits per heavy atom. The number of benzene rings is 1. The lowest BCUT2D eigenvalue weighted by Crippen LogP contribution is -2.33. The normalized spacial score (nSPS) is 19.6. The maximum atomic E-state index is 4.50. The van der Waals surface area contributed by atoms with Gasteiger partial charge in [0.05, 0.1) is 6.54 Å². The molecule has 2 aliphatic rings. The van der Waals surface area contributed by atoms with E-state index in [0.717, 1.165) is 31.9 Å². The number of fused-ring (bicyclic) bond motifs is 2. The third kappa shape index (κ3) is 2.40. The second-order valence-corrected chi connectivity index (χ2v) is 7.44. The van der Waals surface area contributed by atoms with Crippen LogP contribution in [0, 0.1) is 5.41 Å². The van der Waals surface area contributed by atoms with Gasteiger partial charge in [0.15, 0.2) is 5.82 Å². The van der Waals surface area contributed by atoms with E-state index in [1.807, 2.05) is 0 Å². The van der Waals surface area contributed by atoms with Crippen LogP contribution >= 0.6 is 0 Å². The van der Waals surface area contributed by atoms with Gasteiger partial charge in [0.25, 0.3) is 0 Å². The van der Waals surface area contributed by atoms with Gasteiger partial charge in [-0.25, -0.2) is 0 Å². The molecule has 4 nitrogen and oxygen atoms in total. The molecule has 4 heteroatoms. The Kier molecular flexibility index (Phi) is 3.21. The first-order valence-corrected chi connectivity index (χ1v) is 8.36. The van der Waals surface area contributed by atoms with E-state index in [1.165, 1.54) is 36.3 Å². The molecule has 0 bridgehead atoms. The quantitative estimate of drug-likeness (QED) is 0.853. The highest BCUT2D eigenvalue weighted by Gasteiger charge is 2.29. The average Bonchev–Trinajstić information content (AvgIpc) is 2.89. The van der Waals surface area contributed by atoms with Crippen LogP contribution in [-0.2, 0) is 25.9 Å². The Morgan fingerprint density at radius 1 is 1.14 bits per heavy atom. The first-order chi connectivity index (χ1) is 10.6. The molecule has 0 saturated carbocycles. The highest BCUT2D eigenvalue weighted by Crippen LogP contribution is 2.32. The van der Waals surface area contributed by atoms with Gasteiger partial charge in [-0.05, 0) is 36.3 Å². The number of hydrogen-bond donors (Lipinski definition) is 0. The van der Waals surface area contributed by atoms with Crippen LogP contribution in [0.3, 0.4) is 0 Å². The molecule has 116 valence electrons. The minimum atomic E-state index is 0.351. The van der Waals surface area contributed by atoms with Crippen LogP contribution in [0.5, 0.6) is 0 Å². The Hall–Kier alpha value is -1.84. The zero-order chi connectivity index (χ0) is 15.2. The van der Waals surface area contributed by atoms with E-state index < -0.39 is 0 Å². The molecule has 0 aliphatic carbocycles. The summed E-state index contributed by atoms with van der Waals surface area (Å²) in [6, 6.07) is 8.78. The van der Waals surface area contributed by atoms with Gasteiger partial charge in [-0.1, -0.05) is 32.0 Å². The van der Waals surface area contributed by atoms with Crippen molar-refractivity contribution < 1.29 is 0 Å². The summed E-state index contributed by atoms with van der Waals surface area (Å²) in [5.74, 6) is 2.29. The molecule has 0 N–H and O–H groups in total. The molecule has 0 spiro atoms. The zero-order valence-electron chi connectivity index (χ0n) is 13.5. The summed E-state index contributed by atoms with van der Waals surface area (Å²) in [7, 11) is 0. The highest BCUT2D eigenvalue weighted by atomic mass is 15.3. The molecule has 2 aliphatic heterocycles. The van der Waals surface area contributed by atoms with Gasteiger partial charge in [0.2, 0.25) is 0 Å². The van der Waals surface area contributed by atoms with Crippen LogP contribution in [0.25, 0.3) is 0 Å². The van der Waals surface area contributed by atoms with E-state index >= 15 is 0 Å². The molecule has 0 unspecified atom stereocenters. The molecule has 0 saturated heterocycles. The second kappa shape index (κ2) is 5.11. The summed E-state index contributed by atoms with van der Waals surface area (Å²) in [5, 5.41) is 8.93. The highest BCUT2D eigenvalue weighted by molar-refractivity contribution is 5.55. The summed E-state index contributed by atoms with van der Waals surface area (Å²) in [6.45, 7) is 7.72. The van der Waals surface area contributed by atoms with Gasteiger partial charge in [0.1, 0.15) is 5.82 Å². The first-order valence-electron chi connectivity index (χ1n) is 8.36. The van der Waals surface area contributed by atoms with Crippen molar-refractivity contribution in [3.8, 4) is 0 Å². The number of aryl methyl sites for hydroxylation is 2. The van der Waals surface area contributed by atoms with Gasteiger partial charge in [0, 0.05) is 25.2 Å². The summed E-state index contributed by atoms with van der Waals surface area (Å²) in [5.41, 5.74) is 3.19. The van der Waals surface area contributed by atoms with E-state index in [4.69, 9.17) is 0 Å². The molecule has 22 heavy (non-hydrogen) atoms. The molecule has 1 aromatic heterocycles. The zero-order valence-corrected chi connectivity index (χ0v) is 13.5. The monoisotopic (exact) mass is 296 g/mol. The number of para-hydroxylation sites is 1. The number of aromatic nitrogens is 3. The molecule has 2 aromatic rings. The summed E-state index contributed by atoms with van der Waals surface area (Å²) < 4.78 is 2.36. The predicted molar refractivity (Wildman–Crippen MR) is 87.9 cm³/mol.